The Morgan fingerprint density at radius 2 is 2.14 bits per heavy atom. The number of benzene rings is 1. The highest BCUT2D eigenvalue weighted by Crippen LogP contribution is 2.22. The Hall–Kier alpha value is -2.74. The molecule has 0 saturated heterocycles. The Balaban J connectivity index is 2.26. The molecule has 1 aromatic heterocycles. The summed E-state index contributed by atoms with van der Waals surface area (Å²) in [6.45, 7) is 0. The molecule has 0 atom stereocenters. The molecule has 0 unspecified atom stereocenters. The van der Waals surface area contributed by atoms with E-state index in [1.54, 1.807) is 0 Å². The molecule has 2 aromatic rings. The van der Waals surface area contributed by atoms with E-state index in [1.165, 1.54) is 12.1 Å². The summed E-state index contributed by atoms with van der Waals surface area (Å²) < 4.78 is 13.3. The fraction of sp³-hybridized carbons (Fsp3) is 0. The van der Waals surface area contributed by atoms with Gasteiger partial charge in [-0.05, 0) is 18.2 Å². The topological polar surface area (TPSA) is 111 Å². The number of carbonyl (C=O) groups is 1. The second kappa shape index (κ2) is 5.71. The average molecular weight is 311 g/mol. The van der Waals surface area contributed by atoms with Crippen LogP contribution >= 0.6 is 11.6 Å². The van der Waals surface area contributed by atoms with Crippen molar-refractivity contribution in [2.45, 2.75) is 0 Å². The number of aromatic nitrogens is 1. The van der Waals surface area contributed by atoms with Crippen molar-refractivity contribution in [3.63, 3.8) is 0 Å². The summed E-state index contributed by atoms with van der Waals surface area (Å²) in [7, 11) is 0. The fourth-order valence-electron chi connectivity index (χ4n) is 1.51. The fourth-order valence-corrected chi connectivity index (χ4v) is 1.63. The van der Waals surface area contributed by atoms with Gasteiger partial charge in [0, 0.05) is 18.0 Å². The van der Waals surface area contributed by atoms with Crippen LogP contribution in [0.1, 0.15) is 10.4 Å². The van der Waals surface area contributed by atoms with E-state index in [1.807, 2.05) is 0 Å². The molecule has 1 amide bonds. The monoisotopic (exact) mass is 310 g/mol. The van der Waals surface area contributed by atoms with Crippen LogP contribution in [0.2, 0.25) is 5.02 Å². The normalized spacial score (nSPS) is 10.2. The van der Waals surface area contributed by atoms with Crippen LogP contribution in [0, 0.1) is 15.9 Å². The SMILES string of the molecule is Nc1ncc(C(=O)Nc2ccc(Cl)c(F)c2)cc1[N+](=O)[O-]. The van der Waals surface area contributed by atoms with Gasteiger partial charge in [0.1, 0.15) is 5.82 Å². The number of carbonyl (C=O) groups excluding carboxylic acids is 1. The quantitative estimate of drug-likeness (QED) is 0.668. The van der Waals surface area contributed by atoms with Crippen LogP contribution in [0.3, 0.4) is 0 Å². The molecular weight excluding hydrogens is 303 g/mol. The Kier molecular flexibility index (Phi) is 3.99. The van der Waals surface area contributed by atoms with Crippen molar-refractivity contribution in [2.24, 2.45) is 0 Å². The molecule has 21 heavy (non-hydrogen) atoms. The predicted molar refractivity (Wildman–Crippen MR) is 74.7 cm³/mol. The molecule has 2 rings (SSSR count). The van der Waals surface area contributed by atoms with Crippen LogP contribution in [0.25, 0.3) is 0 Å². The molecule has 9 heteroatoms. The smallest absolute Gasteiger partial charge is 0.311 e. The minimum absolute atomic E-state index is 0.0775. The number of hydrogen-bond acceptors (Lipinski definition) is 5. The van der Waals surface area contributed by atoms with Gasteiger partial charge in [0.25, 0.3) is 5.91 Å². The third kappa shape index (κ3) is 3.23. The maximum atomic E-state index is 13.3. The minimum Gasteiger partial charge on any atom is -0.378 e. The maximum absolute atomic E-state index is 13.3. The number of rotatable bonds is 3. The number of nitrogen functional groups attached to an aromatic ring is 1. The molecule has 108 valence electrons. The van der Waals surface area contributed by atoms with Crippen molar-refractivity contribution in [2.75, 3.05) is 11.1 Å². The Bertz CT molecular complexity index is 738. The maximum Gasteiger partial charge on any atom is 0.311 e. The highest BCUT2D eigenvalue weighted by Gasteiger charge is 2.17. The van der Waals surface area contributed by atoms with Gasteiger partial charge < -0.3 is 11.1 Å². The number of amides is 1. The predicted octanol–water partition coefficient (Wildman–Crippen LogP) is 2.62. The van der Waals surface area contributed by atoms with E-state index in [-0.39, 0.29) is 22.1 Å². The first kappa shape index (κ1) is 14.7. The summed E-state index contributed by atoms with van der Waals surface area (Å²) in [5.41, 5.74) is 4.93. The standard InChI is InChI=1S/C12H8ClFN4O3/c13-8-2-1-7(4-9(8)14)17-12(19)6-3-10(18(20)21)11(15)16-5-6/h1-5H,(H2,15,16)(H,17,19). The highest BCUT2D eigenvalue weighted by atomic mass is 35.5. The number of pyridine rings is 1. The molecule has 1 aromatic carbocycles. The van der Waals surface area contributed by atoms with Crippen molar-refractivity contribution in [3.8, 4) is 0 Å². The largest absolute Gasteiger partial charge is 0.378 e. The summed E-state index contributed by atoms with van der Waals surface area (Å²) in [5, 5.41) is 13.0. The number of hydrogen-bond donors (Lipinski definition) is 2. The molecule has 0 aliphatic rings. The molecule has 1 heterocycles. The number of nitro groups is 1. The molecule has 0 spiro atoms. The molecule has 3 N–H and O–H groups in total. The second-order valence-corrected chi connectivity index (χ2v) is 4.38. The van der Waals surface area contributed by atoms with Gasteiger partial charge in [0.2, 0.25) is 5.82 Å². The van der Waals surface area contributed by atoms with Crippen LogP contribution in [0.5, 0.6) is 0 Å². The zero-order valence-electron chi connectivity index (χ0n) is 10.3. The van der Waals surface area contributed by atoms with Gasteiger partial charge in [-0.3, -0.25) is 14.9 Å². The minimum atomic E-state index is -0.749. The number of anilines is 2. The van der Waals surface area contributed by atoms with Crippen LogP contribution in [0.15, 0.2) is 30.5 Å². The van der Waals surface area contributed by atoms with Gasteiger partial charge in [-0.1, -0.05) is 11.6 Å². The Labute approximate surface area is 122 Å². The zero-order valence-corrected chi connectivity index (χ0v) is 11.1. The zero-order chi connectivity index (χ0) is 15.6. The van der Waals surface area contributed by atoms with E-state index in [9.17, 15) is 19.3 Å². The molecule has 0 aliphatic carbocycles. The van der Waals surface area contributed by atoms with Gasteiger partial charge in [-0.25, -0.2) is 9.37 Å². The van der Waals surface area contributed by atoms with E-state index in [4.69, 9.17) is 17.3 Å². The summed E-state index contributed by atoms with van der Waals surface area (Å²) in [6.07, 6.45) is 1.09. The van der Waals surface area contributed by atoms with Gasteiger partial charge in [0.15, 0.2) is 0 Å². The second-order valence-electron chi connectivity index (χ2n) is 3.97. The number of nitrogens with two attached hydrogens (primary N) is 1. The first-order valence-corrected chi connectivity index (χ1v) is 5.92. The number of nitrogens with zero attached hydrogens (tertiary/aromatic N) is 2. The molecule has 0 saturated carbocycles. The molecule has 0 fully saturated rings. The van der Waals surface area contributed by atoms with Crippen molar-refractivity contribution in [3.05, 3.63) is 57.0 Å². The number of halogens is 2. The first-order valence-electron chi connectivity index (χ1n) is 5.55. The lowest BCUT2D eigenvalue weighted by atomic mass is 10.2. The highest BCUT2D eigenvalue weighted by molar-refractivity contribution is 6.30. The third-order valence-corrected chi connectivity index (χ3v) is 2.84. The van der Waals surface area contributed by atoms with Crippen LogP contribution in [-0.4, -0.2) is 15.8 Å². The van der Waals surface area contributed by atoms with Crippen molar-refractivity contribution < 1.29 is 14.1 Å². The van der Waals surface area contributed by atoms with Gasteiger partial charge >= 0.3 is 5.69 Å². The summed E-state index contributed by atoms with van der Waals surface area (Å²) in [5.74, 6) is -1.68. The van der Waals surface area contributed by atoms with Crippen LogP contribution in [-0.2, 0) is 0 Å². The summed E-state index contributed by atoms with van der Waals surface area (Å²) in [6, 6.07) is 4.68. The lowest BCUT2D eigenvalue weighted by Gasteiger charge is -2.06. The van der Waals surface area contributed by atoms with E-state index in [0.29, 0.717) is 0 Å². The third-order valence-electron chi connectivity index (χ3n) is 2.53. The summed E-state index contributed by atoms with van der Waals surface area (Å²) >= 11 is 5.52. The van der Waals surface area contributed by atoms with E-state index < -0.39 is 22.3 Å². The lowest BCUT2D eigenvalue weighted by molar-refractivity contribution is -0.384. The van der Waals surface area contributed by atoms with E-state index in [0.717, 1.165) is 18.3 Å². The van der Waals surface area contributed by atoms with Crippen molar-refractivity contribution in [1.29, 1.82) is 0 Å². The average Bonchev–Trinajstić information content (AvgIpc) is 2.43. The Morgan fingerprint density at radius 1 is 1.43 bits per heavy atom. The van der Waals surface area contributed by atoms with E-state index >= 15 is 0 Å². The molecule has 0 aliphatic heterocycles. The molecule has 0 bridgehead atoms. The van der Waals surface area contributed by atoms with Crippen molar-refractivity contribution in [1.82, 2.24) is 4.98 Å². The van der Waals surface area contributed by atoms with Gasteiger partial charge in [-0.2, -0.15) is 0 Å². The molecule has 0 radical (unpaired) electrons. The Morgan fingerprint density at radius 3 is 2.76 bits per heavy atom. The first-order chi connectivity index (χ1) is 9.88. The lowest BCUT2D eigenvalue weighted by Crippen LogP contribution is -2.13. The van der Waals surface area contributed by atoms with Crippen LogP contribution in [0.4, 0.5) is 21.6 Å². The van der Waals surface area contributed by atoms with E-state index in [2.05, 4.69) is 10.3 Å². The van der Waals surface area contributed by atoms with Gasteiger partial charge in [0.05, 0.1) is 15.5 Å². The van der Waals surface area contributed by atoms with Gasteiger partial charge in [-0.15, -0.1) is 0 Å². The molecule has 7 nitrogen and oxygen atoms in total. The van der Waals surface area contributed by atoms with Crippen LogP contribution < -0.4 is 11.1 Å². The molecular formula is C12H8ClFN4O3. The van der Waals surface area contributed by atoms with Crippen molar-refractivity contribution >= 4 is 34.7 Å². The number of nitrogens with one attached hydrogen (secondary N) is 1. The summed E-state index contributed by atoms with van der Waals surface area (Å²) in [4.78, 5) is 25.5.